The number of aliphatic imine (C=N–C) groups is 1. The molecule has 4 heteroatoms. The largest absolute Gasteiger partial charge is 0.507 e. The zero-order valence-electron chi connectivity index (χ0n) is 14.3. The van der Waals surface area contributed by atoms with E-state index in [0.29, 0.717) is 22.5 Å². The van der Waals surface area contributed by atoms with Crippen molar-refractivity contribution < 1.29 is 9.90 Å². The molecule has 3 rings (SSSR count). The number of aryl methyl sites for hydroxylation is 1. The van der Waals surface area contributed by atoms with Gasteiger partial charge in [-0.3, -0.25) is 4.79 Å². The number of anilines is 1. The number of nitrogen functional groups attached to an aromatic ring is 1. The minimum Gasteiger partial charge on any atom is -0.507 e. The molecule has 1 aliphatic carbocycles. The van der Waals surface area contributed by atoms with Crippen LogP contribution in [0.1, 0.15) is 47.7 Å². The molecule has 0 bridgehead atoms. The maximum absolute atomic E-state index is 12.1. The van der Waals surface area contributed by atoms with E-state index in [0.717, 1.165) is 12.1 Å². The first-order valence-corrected chi connectivity index (χ1v) is 8.62. The number of phenolic OH excluding ortho intramolecular Hbond substituents is 1. The molecule has 0 radical (unpaired) electrons. The quantitative estimate of drug-likeness (QED) is 0.477. The average Bonchev–Trinajstić information content (AvgIpc) is 2.61. The molecule has 4 nitrogen and oxygen atoms in total. The Balaban J connectivity index is 1.91. The molecule has 0 atom stereocenters. The van der Waals surface area contributed by atoms with Crippen LogP contribution in [0.15, 0.2) is 53.5 Å². The molecule has 0 aliphatic heterocycles. The number of hydrogen-bond acceptors (Lipinski definition) is 4. The summed E-state index contributed by atoms with van der Waals surface area (Å²) in [4.78, 5) is 16.7. The molecule has 0 fully saturated rings. The minimum atomic E-state index is -0.214. The summed E-state index contributed by atoms with van der Waals surface area (Å²) in [7, 11) is 0. The van der Waals surface area contributed by atoms with E-state index in [1.54, 1.807) is 6.08 Å². The van der Waals surface area contributed by atoms with Crippen LogP contribution < -0.4 is 5.73 Å². The summed E-state index contributed by atoms with van der Waals surface area (Å²) >= 11 is 0. The Morgan fingerprint density at radius 2 is 1.76 bits per heavy atom. The van der Waals surface area contributed by atoms with Crippen molar-refractivity contribution in [2.45, 2.75) is 32.6 Å². The number of nitrogens with zero attached hydrogens (tertiary/aromatic N) is 1. The summed E-state index contributed by atoms with van der Waals surface area (Å²) in [6.07, 6.45) is 7.77. The summed E-state index contributed by atoms with van der Waals surface area (Å²) in [6, 6.07) is 11.1. The van der Waals surface area contributed by atoms with Crippen LogP contribution >= 0.6 is 0 Å². The maximum atomic E-state index is 12.1. The number of carbonyl (C=O) groups excluding carboxylic acids is 1. The molecule has 1 aliphatic rings. The highest BCUT2D eigenvalue weighted by Crippen LogP contribution is 2.32. The van der Waals surface area contributed by atoms with Gasteiger partial charge >= 0.3 is 0 Å². The van der Waals surface area contributed by atoms with Crippen molar-refractivity contribution in [3.8, 4) is 5.75 Å². The van der Waals surface area contributed by atoms with Crippen molar-refractivity contribution in [2.75, 3.05) is 5.73 Å². The summed E-state index contributed by atoms with van der Waals surface area (Å²) in [5.41, 5.74) is 9.59. The SMILES string of the molecule is CCCCCc1ccc(N=C2C=CC(=O)c3c(N)ccc(O)c32)cc1. The molecule has 0 aromatic heterocycles. The van der Waals surface area contributed by atoms with Gasteiger partial charge in [-0.2, -0.15) is 0 Å². The Morgan fingerprint density at radius 3 is 2.48 bits per heavy atom. The third-order valence-electron chi connectivity index (χ3n) is 4.37. The van der Waals surface area contributed by atoms with E-state index in [2.05, 4.69) is 24.0 Å². The first-order valence-electron chi connectivity index (χ1n) is 8.62. The molecule has 128 valence electrons. The number of unbranched alkanes of at least 4 members (excludes halogenated alkanes) is 2. The van der Waals surface area contributed by atoms with E-state index in [1.807, 2.05) is 12.1 Å². The number of allylic oxidation sites excluding steroid dienone is 2. The molecule has 0 amide bonds. The second-order valence-corrected chi connectivity index (χ2v) is 6.24. The summed E-state index contributed by atoms with van der Waals surface area (Å²) in [6.45, 7) is 2.20. The highest BCUT2D eigenvalue weighted by atomic mass is 16.3. The van der Waals surface area contributed by atoms with E-state index in [9.17, 15) is 9.90 Å². The smallest absolute Gasteiger partial charge is 0.188 e. The highest BCUT2D eigenvalue weighted by molar-refractivity contribution is 6.27. The lowest BCUT2D eigenvalue weighted by Gasteiger charge is -2.16. The van der Waals surface area contributed by atoms with Crippen molar-refractivity contribution in [1.82, 2.24) is 0 Å². The number of rotatable bonds is 5. The Labute approximate surface area is 147 Å². The van der Waals surface area contributed by atoms with Crippen LogP contribution in [0.4, 0.5) is 11.4 Å². The lowest BCUT2D eigenvalue weighted by molar-refractivity contribution is 0.104. The van der Waals surface area contributed by atoms with Gasteiger partial charge in [0.05, 0.1) is 22.5 Å². The van der Waals surface area contributed by atoms with E-state index in [1.165, 1.54) is 43.0 Å². The van der Waals surface area contributed by atoms with E-state index >= 15 is 0 Å². The van der Waals surface area contributed by atoms with Gasteiger partial charge in [-0.05, 0) is 54.8 Å². The molecular weight excluding hydrogens is 312 g/mol. The minimum absolute atomic E-state index is 0.0110. The number of nitrogens with two attached hydrogens (primary N) is 1. The normalized spacial score (nSPS) is 14.8. The Bertz CT molecular complexity index is 849. The summed E-state index contributed by atoms with van der Waals surface area (Å²) in [5.74, 6) is -0.203. The van der Waals surface area contributed by atoms with Gasteiger partial charge in [0.15, 0.2) is 5.78 Å². The molecule has 0 saturated carbocycles. The molecule has 0 spiro atoms. The Kier molecular flexibility index (Phi) is 4.98. The molecule has 0 heterocycles. The number of carbonyl (C=O) groups is 1. The zero-order chi connectivity index (χ0) is 17.8. The van der Waals surface area contributed by atoms with Crippen LogP contribution in [0, 0.1) is 0 Å². The van der Waals surface area contributed by atoms with Gasteiger partial charge in [0.1, 0.15) is 5.75 Å². The number of aromatic hydroxyl groups is 1. The van der Waals surface area contributed by atoms with Crippen molar-refractivity contribution in [1.29, 1.82) is 0 Å². The maximum Gasteiger partial charge on any atom is 0.188 e. The monoisotopic (exact) mass is 334 g/mol. The van der Waals surface area contributed by atoms with Gasteiger partial charge in [-0.25, -0.2) is 4.99 Å². The van der Waals surface area contributed by atoms with Crippen molar-refractivity contribution >= 4 is 22.9 Å². The van der Waals surface area contributed by atoms with E-state index in [-0.39, 0.29) is 11.5 Å². The molecule has 0 saturated heterocycles. The number of ketones is 1. The highest BCUT2D eigenvalue weighted by Gasteiger charge is 2.23. The van der Waals surface area contributed by atoms with Crippen LogP contribution in [-0.4, -0.2) is 16.6 Å². The standard InChI is InChI=1S/C21H22N2O2/c1-2-3-4-5-14-6-8-15(9-7-14)23-17-11-13-18(24)20-16(22)10-12-19(25)21(17)20/h6-13,25H,2-5,22H2,1H3. The van der Waals surface area contributed by atoms with Crippen LogP contribution in [0.3, 0.4) is 0 Å². The van der Waals surface area contributed by atoms with Crippen LogP contribution in [0.2, 0.25) is 0 Å². The van der Waals surface area contributed by atoms with Crippen molar-refractivity contribution in [3.05, 3.63) is 65.2 Å². The molecule has 25 heavy (non-hydrogen) atoms. The molecular formula is C21H22N2O2. The lowest BCUT2D eigenvalue weighted by atomic mass is 9.92. The second-order valence-electron chi connectivity index (χ2n) is 6.24. The third kappa shape index (κ3) is 3.63. The van der Waals surface area contributed by atoms with Crippen molar-refractivity contribution in [3.63, 3.8) is 0 Å². The number of hydrogen-bond donors (Lipinski definition) is 2. The van der Waals surface area contributed by atoms with E-state index < -0.39 is 0 Å². The average molecular weight is 334 g/mol. The summed E-state index contributed by atoms with van der Waals surface area (Å²) < 4.78 is 0. The summed E-state index contributed by atoms with van der Waals surface area (Å²) in [5, 5.41) is 10.2. The molecule has 2 aromatic carbocycles. The van der Waals surface area contributed by atoms with Crippen LogP contribution in [0.25, 0.3) is 0 Å². The number of fused-ring (bicyclic) bond motifs is 1. The first-order chi connectivity index (χ1) is 12.1. The zero-order valence-corrected chi connectivity index (χ0v) is 14.3. The molecule has 2 aromatic rings. The van der Waals surface area contributed by atoms with Crippen LogP contribution in [0.5, 0.6) is 5.75 Å². The third-order valence-corrected chi connectivity index (χ3v) is 4.37. The van der Waals surface area contributed by atoms with Gasteiger partial charge in [-0.15, -0.1) is 0 Å². The predicted octanol–water partition coefficient (Wildman–Crippen LogP) is 4.58. The topological polar surface area (TPSA) is 75.7 Å². The van der Waals surface area contributed by atoms with E-state index in [4.69, 9.17) is 5.73 Å². The second kappa shape index (κ2) is 7.34. The number of benzene rings is 2. The Hall–Kier alpha value is -2.88. The molecule has 0 unspecified atom stereocenters. The fraction of sp³-hybridized carbons (Fsp3) is 0.238. The van der Waals surface area contributed by atoms with Crippen molar-refractivity contribution in [2.24, 2.45) is 4.99 Å². The van der Waals surface area contributed by atoms with Gasteiger partial charge in [0, 0.05) is 5.69 Å². The predicted molar refractivity (Wildman–Crippen MR) is 102 cm³/mol. The van der Waals surface area contributed by atoms with Gasteiger partial charge in [-0.1, -0.05) is 31.9 Å². The lowest BCUT2D eigenvalue weighted by Crippen LogP contribution is -2.15. The fourth-order valence-corrected chi connectivity index (χ4v) is 3.00. The van der Waals surface area contributed by atoms with Gasteiger partial charge < -0.3 is 10.8 Å². The van der Waals surface area contributed by atoms with Crippen LogP contribution in [-0.2, 0) is 6.42 Å². The van der Waals surface area contributed by atoms with Gasteiger partial charge in [0.2, 0.25) is 0 Å². The Morgan fingerprint density at radius 1 is 1.00 bits per heavy atom. The first kappa shape index (κ1) is 17.0. The fourth-order valence-electron chi connectivity index (χ4n) is 3.00. The number of phenols is 1. The van der Waals surface area contributed by atoms with Gasteiger partial charge in [0.25, 0.3) is 0 Å². The molecule has 3 N–H and O–H groups in total.